The first-order chi connectivity index (χ1) is 56.4. The van der Waals surface area contributed by atoms with Crippen LogP contribution in [0, 0.1) is 0 Å². The molecular formula is C100H67N3O9S4. The first-order valence-electron chi connectivity index (χ1n) is 37.6. The molecule has 4 aliphatic rings. The summed E-state index contributed by atoms with van der Waals surface area (Å²) in [7, 11) is -14.4. The van der Waals surface area contributed by atoms with Gasteiger partial charge in [-0.05, 0) is 237 Å². The van der Waals surface area contributed by atoms with Crippen molar-refractivity contribution in [3.63, 3.8) is 0 Å². The van der Waals surface area contributed by atoms with Crippen molar-refractivity contribution in [2.45, 2.75) is 45.1 Å². The van der Waals surface area contributed by atoms with Crippen LogP contribution in [0.3, 0.4) is 0 Å². The van der Waals surface area contributed by atoms with E-state index in [0.717, 1.165) is 84.6 Å². The lowest BCUT2D eigenvalue weighted by Gasteiger charge is -2.35. The molecule has 16 heteroatoms. The molecule has 116 heavy (non-hydrogen) atoms. The van der Waals surface area contributed by atoms with E-state index < -0.39 is 39.0 Å². The molecule has 0 spiro atoms. The minimum absolute atomic E-state index is 0.0264. The second kappa shape index (κ2) is 28.6. The number of carbonyl (C=O) groups is 2. The van der Waals surface area contributed by atoms with Crippen molar-refractivity contribution in [1.82, 2.24) is 0 Å². The average molecular weight is 1580 g/mol. The van der Waals surface area contributed by atoms with E-state index in [1.165, 1.54) is 6.07 Å². The third-order valence-electron chi connectivity index (χ3n) is 22.0. The molecule has 560 valence electrons. The minimum Gasteiger partial charge on any atom is -0.311 e. The largest absolute Gasteiger partial charge is 0.311 e. The van der Waals surface area contributed by atoms with Crippen molar-refractivity contribution < 1.29 is 39.1 Å². The van der Waals surface area contributed by atoms with Crippen LogP contribution in [0.25, 0.3) is 44.5 Å². The van der Waals surface area contributed by atoms with Crippen LogP contribution in [0.4, 0.5) is 51.2 Å². The van der Waals surface area contributed by atoms with Crippen molar-refractivity contribution in [2.75, 3.05) is 14.7 Å². The summed E-state index contributed by atoms with van der Waals surface area (Å²) >= 11 is 0. The number of benzene rings is 16. The van der Waals surface area contributed by atoms with Crippen LogP contribution in [-0.2, 0) is 39.0 Å². The number of para-hydroxylation sites is 6. The Morgan fingerprint density at radius 3 is 0.905 bits per heavy atom. The molecule has 4 aliphatic heterocycles. The van der Waals surface area contributed by atoms with Gasteiger partial charge in [-0.25, -0.2) is 25.3 Å². The molecule has 12 nitrogen and oxygen atoms in total. The van der Waals surface area contributed by atoms with Crippen molar-refractivity contribution in [3.8, 4) is 44.5 Å². The van der Waals surface area contributed by atoms with Crippen molar-refractivity contribution in [1.29, 1.82) is 0 Å². The van der Waals surface area contributed by atoms with Gasteiger partial charge in [0.25, 0.3) is 0 Å². The number of hydrogen-bond donors (Lipinski definition) is 0. The molecule has 16 aromatic rings. The molecule has 0 atom stereocenters. The van der Waals surface area contributed by atoms with Crippen molar-refractivity contribution in [3.05, 3.63) is 427 Å². The van der Waals surface area contributed by atoms with Gasteiger partial charge in [0.05, 0.1) is 50.5 Å². The standard InChI is InChI=1S/C51H33NO6S3.C49H34N2O3S/c1-59(54)47-16-8-4-12-42(47)52(43-13-5-9-17-48(43)59)37-26-22-33(23-27-37)36-24-28-40-49(31-36)61(57,58)46-29-25-35(30-41(46)51(40)53)32-18-20-34(21-19-32)50-38-10-2-6-14-44(38)60(55,56)45-15-7-3-11-39(45)50;52-49-45-31-25-38(36-23-29-44(30-24-36)51(41-17-9-3-10-18-41)42-19-11-4-12-20-42)34-48(45)55(53,54)47-32-26-37(33-46(47)49)35-21-27-43(28-22-35)50(39-13-5-1-6-14-39)40-15-7-2-8-16-40/h2-31,50H,1H2;1-34H. The Bertz CT molecular complexity index is 6970. The summed E-state index contributed by atoms with van der Waals surface area (Å²) < 4.78 is 97.8. The Hall–Kier alpha value is -13.9. The fourth-order valence-corrected chi connectivity index (χ4v) is 23.3. The number of rotatable bonds is 12. The Labute approximate surface area is 673 Å². The highest BCUT2D eigenvalue weighted by Gasteiger charge is 2.40. The van der Waals surface area contributed by atoms with Gasteiger partial charge in [-0.2, -0.15) is 0 Å². The molecule has 0 fully saturated rings. The van der Waals surface area contributed by atoms with E-state index in [0.29, 0.717) is 47.4 Å². The van der Waals surface area contributed by atoms with Crippen LogP contribution in [0.5, 0.6) is 0 Å². The van der Waals surface area contributed by atoms with E-state index in [9.17, 15) is 39.1 Å². The summed E-state index contributed by atoms with van der Waals surface area (Å²) in [6.45, 7) is 0. The van der Waals surface area contributed by atoms with E-state index in [1.54, 1.807) is 84.9 Å². The zero-order valence-electron chi connectivity index (χ0n) is 61.9. The summed E-state index contributed by atoms with van der Waals surface area (Å²) in [5.41, 5.74) is 17.4. The Morgan fingerprint density at radius 1 is 0.241 bits per heavy atom. The summed E-state index contributed by atoms with van der Waals surface area (Å²) in [6, 6.07) is 121. The number of anilines is 9. The van der Waals surface area contributed by atoms with Gasteiger partial charge in [0.15, 0.2) is 11.6 Å². The third-order valence-corrected chi connectivity index (χ3v) is 29.7. The maximum atomic E-state index is 14.3. The second-order valence-electron chi connectivity index (χ2n) is 28.7. The van der Waals surface area contributed by atoms with Gasteiger partial charge >= 0.3 is 0 Å². The molecule has 20 rings (SSSR count). The van der Waals surface area contributed by atoms with Crippen molar-refractivity contribution in [2.24, 2.45) is 0 Å². The van der Waals surface area contributed by atoms with Gasteiger partial charge in [0.1, 0.15) is 0 Å². The number of carbonyl (C=O) groups excluding carboxylic acids is 2. The lowest BCUT2D eigenvalue weighted by Crippen LogP contribution is -2.21. The van der Waals surface area contributed by atoms with Crippen LogP contribution < -0.4 is 14.7 Å². The van der Waals surface area contributed by atoms with E-state index in [1.807, 2.05) is 249 Å². The fraction of sp³-hybridized carbons (Fsp3) is 0.0100. The zero-order valence-corrected chi connectivity index (χ0v) is 65.1. The number of ketones is 2. The van der Waals surface area contributed by atoms with Crippen LogP contribution in [0.2, 0.25) is 0 Å². The van der Waals surface area contributed by atoms with Crippen LogP contribution in [0.1, 0.15) is 54.5 Å². The van der Waals surface area contributed by atoms with Crippen LogP contribution >= 0.6 is 0 Å². The van der Waals surface area contributed by atoms with Gasteiger partial charge in [0.2, 0.25) is 29.5 Å². The molecule has 0 saturated carbocycles. The predicted octanol–water partition coefficient (Wildman–Crippen LogP) is 23.0. The maximum absolute atomic E-state index is 14.3. The van der Waals surface area contributed by atoms with Gasteiger partial charge in [0, 0.05) is 77.5 Å². The lowest BCUT2D eigenvalue weighted by molar-refractivity contribution is 0.102. The van der Waals surface area contributed by atoms with Crippen LogP contribution in [0.15, 0.2) is 427 Å². The quantitative estimate of drug-likeness (QED) is 0.107. The Kier molecular flexibility index (Phi) is 17.9. The number of nitrogens with zero attached hydrogens (tertiary/aromatic N) is 3. The Balaban J connectivity index is 0.000000156. The van der Waals surface area contributed by atoms with Gasteiger partial charge in [-0.15, -0.1) is 0 Å². The molecule has 0 saturated heterocycles. The summed E-state index contributed by atoms with van der Waals surface area (Å²) in [6.07, 6.45) is 0. The number of hydrogen-bond acceptors (Lipinski definition) is 12. The molecule has 0 unspecified atom stereocenters. The molecule has 16 aromatic carbocycles. The van der Waals surface area contributed by atoms with E-state index >= 15 is 0 Å². The van der Waals surface area contributed by atoms with E-state index in [4.69, 9.17) is 0 Å². The summed E-state index contributed by atoms with van der Waals surface area (Å²) in [5.74, 6) is 3.14. The molecule has 0 aliphatic carbocycles. The SMILES string of the molecule is C=S1(=O)c2ccccc2N(c2ccc(-c3ccc4c(c3)S(=O)(=O)c3ccc(-c5ccc(C6c7ccccc7S(=O)(=O)c7ccccc76)cc5)cc3C4=O)cc2)c2ccccc21.O=C1c2cc(-c3ccc(N(c4ccccc4)c4ccccc4)cc3)ccc2S(=O)(=O)c2cc(-c3ccc(N(c4ccccc4)c4ccccc4)cc3)ccc21. The molecule has 0 aromatic heterocycles. The molecule has 0 radical (unpaired) electrons. The topological polar surface area (TPSA) is 163 Å². The number of fused-ring (bicyclic) bond motifs is 8. The number of sulfone groups is 3. The third kappa shape index (κ3) is 12.4. The zero-order chi connectivity index (χ0) is 79.2. The first-order valence-corrected chi connectivity index (χ1v) is 43.7. The first kappa shape index (κ1) is 72.4. The highest BCUT2D eigenvalue weighted by molar-refractivity contribution is 8.00. The summed E-state index contributed by atoms with van der Waals surface area (Å²) in [4.78, 5) is 36.4. The smallest absolute Gasteiger partial charge is 0.208 e. The highest BCUT2D eigenvalue weighted by atomic mass is 32.2. The molecule has 0 amide bonds. The van der Waals surface area contributed by atoms with Crippen LogP contribution in [-0.4, -0.2) is 46.9 Å². The molecule has 0 N–H and O–H groups in total. The average Bonchev–Trinajstić information content (AvgIpc) is 0.739. The predicted molar refractivity (Wildman–Crippen MR) is 460 cm³/mol. The maximum Gasteiger partial charge on any atom is 0.208 e. The second-order valence-corrected chi connectivity index (χ2v) is 36.6. The monoisotopic (exact) mass is 1580 g/mol. The van der Waals surface area contributed by atoms with Gasteiger partial charge in [-0.1, -0.05) is 218 Å². The molecular weight excluding hydrogens is 1520 g/mol. The molecule has 0 bridgehead atoms. The van der Waals surface area contributed by atoms with Gasteiger partial charge < -0.3 is 14.7 Å². The molecule has 4 heterocycles. The highest BCUT2D eigenvalue weighted by Crippen LogP contribution is 2.51. The minimum atomic E-state index is -4.07. The normalized spacial score (nSPS) is 14.6. The van der Waals surface area contributed by atoms with E-state index in [-0.39, 0.29) is 59.3 Å². The van der Waals surface area contributed by atoms with Crippen molar-refractivity contribution >= 4 is 108 Å². The van der Waals surface area contributed by atoms with Gasteiger partial charge in [-0.3, -0.25) is 13.8 Å². The fourth-order valence-electron chi connectivity index (χ4n) is 16.4. The van der Waals surface area contributed by atoms with E-state index in [2.05, 4.69) is 69.1 Å². The summed E-state index contributed by atoms with van der Waals surface area (Å²) in [5, 5.41) is 0. The Morgan fingerprint density at radius 2 is 0.526 bits per heavy atom. The lowest BCUT2D eigenvalue weighted by atomic mass is 9.84.